The smallest absolute Gasteiger partial charge is 0.0991 e. The van der Waals surface area contributed by atoms with Gasteiger partial charge in [-0.25, -0.2) is 0 Å². The molecule has 0 saturated carbocycles. The highest BCUT2D eigenvalue weighted by Crippen LogP contribution is 2.06. The lowest BCUT2D eigenvalue weighted by Gasteiger charge is -2.14. The van der Waals surface area contributed by atoms with Crippen LogP contribution in [0, 0.1) is 11.3 Å². The normalized spacial score (nSPS) is 13.5. The average Bonchev–Trinajstić information content (AvgIpc) is 2.19. The molecule has 4 heteroatoms. The van der Waals surface area contributed by atoms with E-state index >= 15 is 0 Å². The van der Waals surface area contributed by atoms with Gasteiger partial charge in [-0.3, -0.25) is 0 Å². The Balaban J connectivity index is 0.00000196. The Labute approximate surface area is 95.9 Å². The lowest BCUT2D eigenvalue weighted by molar-refractivity contribution is 0.163. The zero-order valence-electron chi connectivity index (χ0n) is 8.55. The largest absolute Gasteiger partial charge is 0.392 e. The third kappa shape index (κ3) is 4.30. The molecule has 0 amide bonds. The molecular weight excluding hydrogens is 212 g/mol. The van der Waals surface area contributed by atoms with Gasteiger partial charge in [0.25, 0.3) is 0 Å². The van der Waals surface area contributed by atoms with Gasteiger partial charge in [0.05, 0.1) is 17.7 Å². The Hall–Kier alpha value is -1.08. The molecule has 0 aliphatic heterocycles. The summed E-state index contributed by atoms with van der Waals surface area (Å²) in [6.07, 6.45) is 0.120. The summed E-state index contributed by atoms with van der Waals surface area (Å²) in [5, 5.41) is 17.8. The van der Waals surface area contributed by atoms with Crippen molar-refractivity contribution >= 4 is 12.4 Å². The minimum Gasteiger partial charge on any atom is -0.392 e. The van der Waals surface area contributed by atoms with Gasteiger partial charge >= 0.3 is 0 Å². The number of halogens is 1. The molecule has 2 atom stereocenters. The number of nitrogens with zero attached hydrogens (tertiary/aromatic N) is 1. The zero-order valence-corrected chi connectivity index (χ0v) is 9.37. The molecule has 1 aromatic rings. The molecule has 0 bridgehead atoms. The highest BCUT2D eigenvalue weighted by atomic mass is 35.5. The van der Waals surface area contributed by atoms with E-state index in [-0.39, 0.29) is 18.4 Å². The minimum absolute atomic E-state index is 0. The summed E-state index contributed by atoms with van der Waals surface area (Å²) >= 11 is 0. The number of hydrogen-bond donors (Lipinski definition) is 2. The van der Waals surface area contributed by atoms with Crippen molar-refractivity contribution in [1.82, 2.24) is 0 Å². The summed E-state index contributed by atoms with van der Waals surface area (Å²) in [4.78, 5) is 0. The fourth-order valence-corrected chi connectivity index (χ4v) is 1.16. The van der Waals surface area contributed by atoms with Crippen LogP contribution in [-0.2, 0) is 6.42 Å². The number of nitrogens with two attached hydrogens (primary N) is 1. The van der Waals surface area contributed by atoms with E-state index in [1.165, 1.54) is 0 Å². The predicted octanol–water partition coefficient (Wildman–Crippen LogP) is 1.23. The Bertz CT molecular complexity index is 329. The first-order chi connectivity index (χ1) is 6.63. The van der Waals surface area contributed by atoms with E-state index in [2.05, 4.69) is 0 Å². The maximum atomic E-state index is 9.21. The topological polar surface area (TPSA) is 70.0 Å². The van der Waals surface area contributed by atoms with E-state index in [4.69, 9.17) is 11.0 Å². The number of rotatable bonds is 3. The van der Waals surface area contributed by atoms with Crippen LogP contribution in [0.3, 0.4) is 0 Å². The van der Waals surface area contributed by atoms with E-state index in [0.29, 0.717) is 12.0 Å². The Kier molecular flexibility index (Phi) is 5.95. The van der Waals surface area contributed by atoms with Gasteiger partial charge in [0.15, 0.2) is 0 Å². The third-order valence-electron chi connectivity index (χ3n) is 2.17. The van der Waals surface area contributed by atoms with E-state index < -0.39 is 6.10 Å². The van der Waals surface area contributed by atoms with Crippen molar-refractivity contribution in [3.63, 3.8) is 0 Å². The molecule has 0 heterocycles. The van der Waals surface area contributed by atoms with Crippen LogP contribution < -0.4 is 5.73 Å². The molecule has 15 heavy (non-hydrogen) atoms. The summed E-state index contributed by atoms with van der Waals surface area (Å²) in [5.74, 6) is 0. The first-order valence-corrected chi connectivity index (χ1v) is 4.56. The molecule has 0 radical (unpaired) electrons. The summed E-state index contributed by atoms with van der Waals surface area (Å²) in [6.45, 7) is 1.67. The maximum Gasteiger partial charge on any atom is 0.0991 e. The highest BCUT2D eigenvalue weighted by Gasteiger charge is 2.09. The molecule has 0 aliphatic carbocycles. The lowest BCUT2D eigenvalue weighted by Crippen LogP contribution is -2.34. The van der Waals surface area contributed by atoms with E-state index in [9.17, 15) is 5.11 Å². The number of nitriles is 1. The van der Waals surface area contributed by atoms with Gasteiger partial charge in [0, 0.05) is 6.04 Å². The van der Waals surface area contributed by atoms with Crippen molar-refractivity contribution < 1.29 is 5.11 Å². The van der Waals surface area contributed by atoms with Crippen molar-refractivity contribution in [3.05, 3.63) is 35.4 Å². The SMILES string of the molecule is C[C@@H](O)[C@H](N)Cc1ccc(C#N)cc1.Cl. The molecule has 0 aliphatic rings. The summed E-state index contributed by atoms with van der Waals surface area (Å²) < 4.78 is 0. The van der Waals surface area contributed by atoms with Gasteiger partial charge in [-0.05, 0) is 31.0 Å². The monoisotopic (exact) mass is 226 g/mol. The van der Waals surface area contributed by atoms with Gasteiger partial charge < -0.3 is 10.8 Å². The lowest BCUT2D eigenvalue weighted by atomic mass is 10.0. The second-order valence-corrected chi connectivity index (χ2v) is 3.42. The molecule has 0 saturated heterocycles. The molecule has 3 N–H and O–H groups in total. The Morgan fingerprint density at radius 3 is 2.33 bits per heavy atom. The Morgan fingerprint density at radius 1 is 1.40 bits per heavy atom. The van der Waals surface area contributed by atoms with Gasteiger partial charge in [0.1, 0.15) is 0 Å². The zero-order chi connectivity index (χ0) is 10.6. The second kappa shape index (κ2) is 6.41. The van der Waals surface area contributed by atoms with Crippen LogP contribution in [0.15, 0.2) is 24.3 Å². The van der Waals surface area contributed by atoms with Crippen molar-refractivity contribution in [3.8, 4) is 6.07 Å². The molecule has 1 rings (SSSR count). The Morgan fingerprint density at radius 2 is 1.93 bits per heavy atom. The molecule has 1 aromatic carbocycles. The molecule has 0 fully saturated rings. The number of aliphatic hydroxyl groups excluding tert-OH is 1. The average molecular weight is 227 g/mol. The number of benzene rings is 1. The standard InChI is InChI=1S/C11H14N2O.ClH/c1-8(14)11(13)6-9-2-4-10(7-12)5-3-9;/h2-5,8,11,14H,6,13H2,1H3;1H/t8-,11-;/m1./s1. The van der Waals surface area contributed by atoms with Crippen LogP contribution in [-0.4, -0.2) is 17.3 Å². The van der Waals surface area contributed by atoms with Gasteiger partial charge in [-0.15, -0.1) is 12.4 Å². The summed E-state index contributed by atoms with van der Waals surface area (Å²) in [7, 11) is 0. The van der Waals surface area contributed by atoms with Gasteiger partial charge in [-0.1, -0.05) is 12.1 Å². The van der Waals surface area contributed by atoms with Crippen LogP contribution in [0.5, 0.6) is 0 Å². The van der Waals surface area contributed by atoms with Crippen molar-refractivity contribution in [2.45, 2.75) is 25.5 Å². The van der Waals surface area contributed by atoms with Gasteiger partial charge in [-0.2, -0.15) is 5.26 Å². The van der Waals surface area contributed by atoms with Crippen LogP contribution in [0.1, 0.15) is 18.1 Å². The van der Waals surface area contributed by atoms with E-state index in [1.54, 1.807) is 19.1 Å². The van der Waals surface area contributed by atoms with E-state index in [1.807, 2.05) is 18.2 Å². The predicted molar refractivity (Wildman–Crippen MR) is 61.8 cm³/mol. The molecule has 82 valence electrons. The summed E-state index contributed by atoms with van der Waals surface area (Å²) in [6, 6.07) is 9.03. The van der Waals surface area contributed by atoms with Crippen LogP contribution in [0.4, 0.5) is 0 Å². The fourth-order valence-electron chi connectivity index (χ4n) is 1.16. The molecule has 0 aromatic heterocycles. The van der Waals surface area contributed by atoms with Crippen LogP contribution in [0.2, 0.25) is 0 Å². The molecule has 0 unspecified atom stereocenters. The number of aliphatic hydroxyl groups is 1. The van der Waals surface area contributed by atoms with Crippen molar-refractivity contribution in [2.24, 2.45) is 5.73 Å². The summed E-state index contributed by atoms with van der Waals surface area (Å²) in [5.41, 5.74) is 7.38. The molecular formula is C11H15ClN2O. The minimum atomic E-state index is -0.509. The third-order valence-corrected chi connectivity index (χ3v) is 2.17. The highest BCUT2D eigenvalue weighted by molar-refractivity contribution is 5.85. The fraction of sp³-hybridized carbons (Fsp3) is 0.364. The van der Waals surface area contributed by atoms with Crippen LogP contribution in [0.25, 0.3) is 0 Å². The number of hydrogen-bond acceptors (Lipinski definition) is 3. The molecule has 3 nitrogen and oxygen atoms in total. The van der Waals surface area contributed by atoms with E-state index in [0.717, 1.165) is 5.56 Å². The quantitative estimate of drug-likeness (QED) is 0.815. The second-order valence-electron chi connectivity index (χ2n) is 3.42. The van der Waals surface area contributed by atoms with Crippen molar-refractivity contribution in [2.75, 3.05) is 0 Å². The van der Waals surface area contributed by atoms with Crippen LogP contribution >= 0.6 is 12.4 Å². The van der Waals surface area contributed by atoms with Crippen molar-refractivity contribution in [1.29, 1.82) is 5.26 Å². The maximum absolute atomic E-state index is 9.21. The van der Waals surface area contributed by atoms with Gasteiger partial charge in [0.2, 0.25) is 0 Å². The first kappa shape index (κ1) is 13.9. The first-order valence-electron chi connectivity index (χ1n) is 4.56. The molecule has 0 spiro atoms.